The number of rotatable bonds is 3. The lowest BCUT2D eigenvalue weighted by Crippen LogP contribution is -2.50. The summed E-state index contributed by atoms with van der Waals surface area (Å²) in [4.78, 5) is 12.6. The van der Waals surface area contributed by atoms with Gasteiger partial charge in [0.1, 0.15) is 0 Å². The normalized spacial score (nSPS) is 33.3. The van der Waals surface area contributed by atoms with Crippen LogP contribution in [0.4, 0.5) is 0 Å². The van der Waals surface area contributed by atoms with Gasteiger partial charge in [0.2, 0.25) is 0 Å². The highest BCUT2D eigenvalue weighted by molar-refractivity contribution is 8.01. The summed E-state index contributed by atoms with van der Waals surface area (Å²) in [6.07, 6.45) is 7.37. The van der Waals surface area contributed by atoms with Crippen molar-refractivity contribution in [2.75, 3.05) is 0 Å². The van der Waals surface area contributed by atoms with Gasteiger partial charge in [0.05, 0.1) is 6.10 Å². The molecule has 1 aliphatic carbocycles. The third-order valence-corrected chi connectivity index (χ3v) is 6.60. The van der Waals surface area contributed by atoms with Crippen molar-refractivity contribution in [3.05, 3.63) is 42.0 Å². The van der Waals surface area contributed by atoms with Crippen LogP contribution in [0.5, 0.6) is 0 Å². The minimum atomic E-state index is -0.364. The smallest absolute Gasteiger partial charge is 0.194 e. The Bertz CT molecular complexity index is 579. The fourth-order valence-corrected chi connectivity index (χ4v) is 5.16. The molecule has 124 valence electrons. The number of ether oxygens (including phenoxy) is 1. The van der Waals surface area contributed by atoms with Crippen molar-refractivity contribution in [1.29, 1.82) is 0 Å². The van der Waals surface area contributed by atoms with Gasteiger partial charge in [-0.25, -0.2) is 0 Å². The molecule has 0 amide bonds. The van der Waals surface area contributed by atoms with Crippen molar-refractivity contribution in [2.45, 2.75) is 56.3 Å². The summed E-state index contributed by atoms with van der Waals surface area (Å²) in [5.41, 5.74) is 0.682. The van der Waals surface area contributed by atoms with Crippen LogP contribution in [0.2, 0.25) is 0 Å². The zero-order chi connectivity index (χ0) is 16.4. The number of ketones is 1. The first-order valence-corrected chi connectivity index (χ1v) is 9.44. The molecule has 3 heteroatoms. The number of carbonyl (C=O) groups excluding carboxylic acids is 1. The van der Waals surface area contributed by atoms with E-state index in [0.29, 0.717) is 11.8 Å². The van der Waals surface area contributed by atoms with E-state index in [1.54, 1.807) is 17.8 Å². The molecule has 4 atom stereocenters. The van der Waals surface area contributed by atoms with Gasteiger partial charge < -0.3 is 4.74 Å². The molecule has 2 fully saturated rings. The van der Waals surface area contributed by atoms with Crippen LogP contribution in [0.25, 0.3) is 6.08 Å². The summed E-state index contributed by atoms with van der Waals surface area (Å²) >= 11 is 1.70. The van der Waals surface area contributed by atoms with E-state index in [-0.39, 0.29) is 22.1 Å². The molecule has 1 saturated carbocycles. The van der Waals surface area contributed by atoms with E-state index in [1.807, 2.05) is 36.4 Å². The van der Waals surface area contributed by atoms with Crippen LogP contribution in [-0.2, 0) is 9.53 Å². The quantitative estimate of drug-likeness (QED) is 0.734. The highest BCUT2D eigenvalue weighted by atomic mass is 32.2. The SMILES string of the molecule is C[C@@H]1CC[C@@H]2[C@@H](C1)O[C@@H](C(=O)/C=C/c1ccccc1)SC2(C)C. The second-order valence-electron chi connectivity index (χ2n) is 7.40. The summed E-state index contributed by atoms with van der Waals surface area (Å²) in [7, 11) is 0. The maximum absolute atomic E-state index is 12.6. The van der Waals surface area contributed by atoms with Crippen LogP contribution in [0.15, 0.2) is 36.4 Å². The van der Waals surface area contributed by atoms with Crippen LogP contribution in [0, 0.1) is 11.8 Å². The molecular formula is C20H26O2S. The lowest BCUT2D eigenvalue weighted by molar-refractivity contribution is -0.129. The second kappa shape index (κ2) is 6.82. The standard InChI is InChI=1S/C20H26O2S/c1-14-9-11-16-18(13-14)22-19(23-20(16,2)3)17(21)12-10-15-7-5-4-6-8-15/h4-8,10,12,14,16,18-19H,9,11,13H2,1-3H3/b12-10+/t14-,16-,18-,19-/m1/s1. The van der Waals surface area contributed by atoms with Crippen molar-refractivity contribution in [2.24, 2.45) is 11.8 Å². The molecule has 0 unspecified atom stereocenters. The lowest BCUT2D eigenvalue weighted by Gasteiger charge is -2.49. The zero-order valence-corrected chi connectivity index (χ0v) is 15.0. The van der Waals surface area contributed by atoms with Crippen molar-refractivity contribution in [1.82, 2.24) is 0 Å². The first-order valence-electron chi connectivity index (χ1n) is 8.56. The van der Waals surface area contributed by atoms with Crippen LogP contribution in [0.1, 0.15) is 45.6 Å². The third kappa shape index (κ3) is 3.89. The average molecular weight is 330 g/mol. The fourth-order valence-electron chi connectivity index (χ4n) is 3.77. The Morgan fingerprint density at radius 3 is 2.74 bits per heavy atom. The van der Waals surface area contributed by atoms with E-state index in [9.17, 15) is 4.79 Å². The molecule has 23 heavy (non-hydrogen) atoms. The molecular weight excluding hydrogens is 304 g/mol. The summed E-state index contributed by atoms with van der Waals surface area (Å²) in [5, 5.41) is 0. The largest absolute Gasteiger partial charge is 0.356 e. The Morgan fingerprint density at radius 1 is 1.26 bits per heavy atom. The first kappa shape index (κ1) is 16.8. The van der Waals surface area contributed by atoms with E-state index in [2.05, 4.69) is 20.8 Å². The van der Waals surface area contributed by atoms with Gasteiger partial charge in [-0.15, -0.1) is 11.8 Å². The Morgan fingerprint density at radius 2 is 2.00 bits per heavy atom. The van der Waals surface area contributed by atoms with Gasteiger partial charge in [-0.1, -0.05) is 63.6 Å². The second-order valence-corrected chi connectivity index (χ2v) is 9.11. The van der Waals surface area contributed by atoms with Gasteiger partial charge in [0, 0.05) is 4.75 Å². The maximum Gasteiger partial charge on any atom is 0.194 e. The molecule has 1 aliphatic heterocycles. The number of hydrogen-bond acceptors (Lipinski definition) is 3. The predicted octanol–water partition coefficient (Wildman–Crippen LogP) is 4.94. The molecule has 0 spiro atoms. The summed E-state index contributed by atoms with van der Waals surface area (Å²) in [6, 6.07) is 9.94. The fraction of sp³-hybridized carbons (Fsp3) is 0.550. The van der Waals surface area contributed by atoms with Crippen LogP contribution < -0.4 is 0 Å². The number of fused-ring (bicyclic) bond motifs is 1. The number of hydrogen-bond donors (Lipinski definition) is 0. The van der Waals surface area contributed by atoms with E-state index in [1.165, 1.54) is 12.8 Å². The van der Waals surface area contributed by atoms with Gasteiger partial charge in [0.25, 0.3) is 0 Å². The van der Waals surface area contributed by atoms with E-state index in [0.717, 1.165) is 12.0 Å². The number of carbonyl (C=O) groups is 1. The van der Waals surface area contributed by atoms with Crippen molar-refractivity contribution >= 4 is 23.6 Å². The van der Waals surface area contributed by atoms with Crippen LogP contribution >= 0.6 is 11.8 Å². The maximum atomic E-state index is 12.6. The molecule has 2 aliphatic rings. The topological polar surface area (TPSA) is 26.3 Å². The summed E-state index contributed by atoms with van der Waals surface area (Å²) in [6.45, 7) is 6.84. The molecule has 1 saturated heterocycles. The molecule has 1 aromatic carbocycles. The van der Waals surface area contributed by atoms with Gasteiger partial charge in [-0.2, -0.15) is 0 Å². The molecule has 1 heterocycles. The highest BCUT2D eigenvalue weighted by Gasteiger charge is 2.47. The highest BCUT2D eigenvalue weighted by Crippen LogP contribution is 2.50. The van der Waals surface area contributed by atoms with Gasteiger partial charge in [-0.05, 0) is 36.3 Å². The Kier molecular flexibility index (Phi) is 4.98. The zero-order valence-electron chi connectivity index (χ0n) is 14.2. The average Bonchev–Trinajstić information content (AvgIpc) is 2.52. The molecule has 0 radical (unpaired) electrons. The third-order valence-electron chi connectivity index (χ3n) is 5.13. The van der Waals surface area contributed by atoms with E-state index >= 15 is 0 Å². The van der Waals surface area contributed by atoms with Gasteiger partial charge in [-0.3, -0.25) is 4.79 Å². The minimum absolute atomic E-state index is 0.0728. The monoisotopic (exact) mass is 330 g/mol. The Hall–Kier alpha value is -1.06. The number of thioether (sulfide) groups is 1. The summed E-state index contributed by atoms with van der Waals surface area (Å²) in [5.74, 6) is 1.33. The first-order chi connectivity index (χ1) is 11.0. The predicted molar refractivity (Wildman–Crippen MR) is 97.3 cm³/mol. The Balaban J connectivity index is 1.70. The van der Waals surface area contributed by atoms with Crippen molar-refractivity contribution in [3.63, 3.8) is 0 Å². The minimum Gasteiger partial charge on any atom is -0.356 e. The van der Waals surface area contributed by atoms with Crippen LogP contribution in [0.3, 0.4) is 0 Å². The van der Waals surface area contributed by atoms with Crippen LogP contribution in [-0.4, -0.2) is 22.1 Å². The molecule has 0 N–H and O–H groups in total. The lowest BCUT2D eigenvalue weighted by atomic mass is 9.75. The summed E-state index contributed by atoms with van der Waals surface area (Å²) < 4.78 is 6.31. The van der Waals surface area contributed by atoms with Crippen molar-refractivity contribution < 1.29 is 9.53 Å². The van der Waals surface area contributed by atoms with Gasteiger partial charge >= 0.3 is 0 Å². The molecule has 0 bridgehead atoms. The molecule has 0 aromatic heterocycles. The van der Waals surface area contributed by atoms with Crippen molar-refractivity contribution in [3.8, 4) is 0 Å². The van der Waals surface area contributed by atoms with E-state index < -0.39 is 0 Å². The molecule has 1 aromatic rings. The number of benzene rings is 1. The Labute approximate surface area is 143 Å². The molecule has 3 rings (SSSR count). The van der Waals surface area contributed by atoms with E-state index in [4.69, 9.17) is 4.74 Å². The molecule has 2 nitrogen and oxygen atoms in total. The van der Waals surface area contributed by atoms with Gasteiger partial charge in [0.15, 0.2) is 11.2 Å².